The van der Waals surface area contributed by atoms with Crippen LogP contribution < -0.4 is 9.47 Å². The number of ether oxygens (including phenoxy) is 2. The van der Waals surface area contributed by atoms with Crippen molar-refractivity contribution in [1.29, 1.82) is 0 Å². The van der Waals surface area contributed by atoms with E-state index in [0.29, 0.717) is 11.5 Å². The van der Waals surface area contributed by atoms with Crippen molar-refractivity contribution in [3.05, 3.63) is 34.3 Å². The molecule has 20 heavy (non-hydrogen) atoms. The molecule has 1 aromatic heterocycles. The van der Waals surface area contributed by atoms with E-state index in [9.17, 15) is 5.11 Å². The van der Waals surface area contributed by atoms with Crippen molar-refractivity contribution in [1.82, 2.24) is 9.59 Å². The molecule has 1 N–H and O–H groups in total. The van der Waals surface area contributed by atoms with Gasteiger partial charge >= 0.3 is 0 Å². The molecule has 108 valence electrons. The van der Waals surface area contributed by atoms with Crippen LogP contribution in [0.2, 0.25) is 0 Å². The highest BCUT2D eigenvalue weighted by molar-refractivity contribution is 7.05. The van der Waals surface area contributed by atoms with Gasteiger partial charge in [0.2, 0.25) is 0 Å². The monoisotopic (exact) mass is 294 g/mol. The zero-order chi connectivity index (χ0) is 14.7. The Hall–Kier alpha value is -1.66. The Morgan fingerprint density at radius 3 is 2.45 bits per heavy atom. The smallest absolute Gasteiger partial charge is 0.161 e. The molecule has 5 nitrogen and oxygen atoms in total. The fourth-order valence-electron chi connectivity index (χ4n) is 1.97. The second-order valence-corrected chi connectivity index (χ2v) is 5.48. The molecule has 1 atom stereocenters. The van der Waals surface area contributed by atoms with E-state index in [1.807, 2.05) is 19.9 Å². The van der Waals surface area contributed by atoms with Crippen molar-refractivity contribution >= 4 is 11.5 Å². The Labute approximate surface area is 122 Å². The maximum atomic E-state index is 10.5. The molecule has 1 heterocycles. The number of aliphatic hydroxyl groups excluding tert-OH is 1. The lowest BCUT2D eigenvalue weighted by molar-refractivity contribution is 0.221. The third kappa shape index (κ3) is 2.76. The number of benzene rings is 1. The molecule has 0 amide bonds. The van der Waals surface area contributed by atoms with E-state index in [2.05, 4.69) is 9.59 Å². The molecular weight excluding hydrogens is 276 g/mol. The highest BCUT2D eigenvalue weighted by Gasteiger charge is 2.21. The van der Waals surface area contributed by atoms with Gasteiger partial charge in [-0.25, -0.2) is 0 Å². The molecule has 6 heteroatoms. The Morgan fingerprint density at radius 2 is 1.85 bits per heavy atom. The second kappa shape index (κ2) is 6.19. The van der Waals surface area contributed by atoms with Crippen LogP contribution in [0.1, 0.15) is 42.0 Å². The minimum Gasteiger partial charge on any atom is -0.493 e. The summed E-state index contributed by atoms with van der Waals surface area (Å²) in [6, 6.07) is 5.37. The minimum absolute atomic E-state index is 0.221. The summed E-state index contributed by atoms with van der Waals surface area (Å²) in [6.07, 6.45) is -0.757. The van der Waals surface area contributed by atoms with Gasteiger partial charge in [0.1, 0.15) is 6.10 Å². The van der Waals surface area contributed by atoms with Crippen molar-refractivity contribution in [2.24, 2.45) is 0 Å². The summed E-state index contributed by atoms with van der Waals surface area (Å²) in [5, 5.41) is 14.6. The van der Waals surface area contributed by atoms with Gasteiger partial charge in [-0.3, -0.25) is 0 Å². The number of aromatic nitrogens is 2. The molecule has 0 fully saturated rings. The molecule has 0 aliphatic heterocycles. The molecule has 0 radical (unpaired) electrons. The van der Waals surface area contributed by atoms with Crippen LogP contribution in [0.3, 0.4) is 0 Å². The second-order valence-electron chi connectivity index (χ2n) is 4.69. The van der Waals surface area contributed by atoms with Gasteiger partial charge in [0.25, 0.3) is 0 Å². The molecule has 1 unspecified atom stereocenters. The Bertz CT molecular complexity index is 584. The van der Waals surface area contributed by atoms with Crippen LogP contribution in [0.15, 0.2) is 18.2 Å². The van der Waals surface area contributed by atoms with Gasteiger partial charge in [-0.1, -0.05) is 24.4 Å². The summed E-state index contributed by atoms with van der Waals surface area (Å²) in [4.78, 5) is 0.771. The molecule has 2 aromatic rings. The predicted octanol–water partition coefficient (Wildman–Crippen LogP) is 2.76. The maximum Gasteiger partial charge on any atom is 0.161 e. The normalized spacial score (nSPS) is 12.5. The lowest BCUT2D eigenvalue weighted by Crippen LogP contribution is -2.03. The fraction of sp³-hybridized carbons (Fsp3) is 0.429. The molecule has 2 rings (SSSR count). The standard InChI is InChI=1S/C14H18N2O3S/c1-8(2)12-14(20-16-15-12)13(17)9-5-6-10(18-3)11(7-9)19-4/h5-8,13,17H,1-4H3. The van der Waals surface area contributed by atoms with Gasteiger partial charge in [0.15, 0.2) is 11.5 Å². The molecule has 0 aliphatic rings. The van der Waals surface area contributed by atoms with Gasteiger partial charge in [0.05, 0.1) is 24.8 Å². The maximum absolute atomic E-state index is 10.5. The molecular formula is C14H18N2O3S. The van der Waals surface area contributed by atoms with E-state index in [1.165, 1.54) is 11.5 Å². The van der Waals surface area contributed by atoms with Crippen LogP contribution in [0.5, 0.6) is 11.5 Å². The van der Waals surface area contributed by atoms with Crippen LogP contribution in [0, 0.1) is 0 Å². The van der Waals surface area contributed by atoms with Crippen LogP contribution in [-0.4, -0.2) is 28.9 Å². The lowest BCUT2D eigenvalue weighted by Gasteiger charge is -2.14. The van der Waals surface area contributed by atoms with Crippen molar-refractivity contribution in [3.63, 3.8) is 0 Å². The average Bonchev–Trinajstić information content (AvgIpc) is 2.95. The van der Waals surface area contributed by atoms with E-state index in [4.69, 9.17) is 9.47 Å². The van der Waals surface area contributed by atoms with E-state index in [0.717, 1.165) is 16.1 Å². The Kier molecular flexibility index (Phi) is 4.57. The summed E-state index contributed by atoms with van der Waals surface area (Å²) >= 11 is 1.22. The predicted molar refractivity (Wildman–Crippen MR) is 77.6 cm³/mol. The summed E-state index contributed by atoms with van der Waals surface area (Å²) in [5.74, 6) is 1.45. The zero-order valence-corrected chi connectivity index (χ0v) is 12.8. The van der Waals surface area contributed by atoms with Crippen LogP contribution in [0.25, 0.3) is 0 Å². The molecule has 1 aromatic carbocycles. The summed E-state index contributed by atoms with van der Waals surface area (Å²) in [5.41, 5.74) is 1.56. The minimum atomic E-state index is -0.757. The average molecular weight is 294 g/mol. The fourth-order valence-corrected chi connectivity index (χ4v) is 2.79. The first-order valence-corrected chi connectivity index (χ1v) is 7.08. The van der Waals surface area contributed by atoms with Gasteiger partial charge in [-0.2, -0.15) is 0 Å². The molecule has 0 spiro atoms. The number of aliphatic hydroxyl groups is 1. The number of rotatable bonds is 5. The van der Waals surface area contributed by atoms with Crippen molar-refractivity contribution in [3.8, 4) is 11.5 Å². The van der Waals surface area contributed by atoms with Crippen molar-refractivity contribution < 1.29 is 14.6 Å². The van der Waals surface area contributed by atoms with E-state index in [1.54, 1.807) is 26.4 Å². The number of nitrogens with zero attached hydrogens (tertiary/aromatic N) is 2. The van der Waals surface area contributed by atoms with Gasteiger partial charge < -0.3 is 14.6 Å². The topological polar surface area (TPSA) is 64.5 Å². The first-order valence-electron chi connectivity index (χ1n) is 6.30. The summed E-state index contributed by atoms with van der Waals surface area (Å²) < 4.78 is 14.4. The molecule has 0 aliphatic carbocycles. The van der Waals surface area contributed by atoms with Gasteiger partial charge in [-0.05, 0) is 35.1 Å². The molecule has 0 bridgehead atoms. The SMILES string of the molecule is COc1ccc(C(O)c2snnc2C(C)C)cc1OC. The number of hydrogen-bond acceptors (Lipinski definition) is 6. The van der Waals surface area contributed by atoms with Gasteiger partial charge in [-0.15, -0.1) is 5.10 Å². The van der Waals surface area contributed by atoms with Crippen LogP contribution in [0.4, 0.5) is 0 Å². The molecule has 0 saturated carbocycles. The van der Waals surface area contributed by atoms with Gasteiger partial charge in [0, 0.05) is 0 Å². The van der Waals surface area contributed by atoms with E-state index >= 15 is 0 Å². The largest absolute Gasteiger partial charge is 0.493 e. The molecule has 0 saturated heterocycles. The first kappa shape index (κ1) is 14.7. The third-order valence-electron chi connectivity index (χ3n) is 3.06. The Balaban J connectivity index is 2.38. The lowest BCUT2D eigenvalue weighted by atomic mass is 10.0. The zero-order valence-electron chi connectivity index (χ0n) is 12.0. The Morgan fingerprint density at radius 1 is 1.15 bits per heavy atom. The number of methoxy groups -OCH3 is 2. The van der Waals surface area contributed by atoms with Crippen molar-refractivity contribution in [2.75, 3.05) is 14.2 Å². The third-order valence-corrected chi connectivity index (χ3v) is 3.85. The van der Waals surface area contributed by atoms with Crippen LogP contribution in [-0.2, 0) is 0 Å². The highest BCUT2D eigenvalue weighted by Crippen LogP contribution is 2.35. The van der Waals surface area contributed by atoms with E-state index < -0.39 is 6.10 Å². The van der Waals surface area contributed by atoms with E-state index in [-0.39, 0.29) is 5.92 Å². The highest BCUT2D eigenvalue weighted by atomic mass is 32.1. The first-order chi connectivity index (χ1) is 9.58. The van der Waals surface area contributed by atoms with Crippen LogP contribution >= 0.6 is 11.5 Å². The van der Waals surface area contributed by atoms with Crippen molar-refractivity contribution in [2.45, 2.75) is 25.9 Å². The summed E-state index contributed by atoms with van der Waals surface area (Å²) in [6.45, 7) is 4.06. The quantitative estimate of drug-likeness (QED) is 0.918. The summed E-state index contributed by atoms with van der Waals surface area (Å²) in [7, 11) is 3.15. The number of hydrogen-bond donors (Lipinski definition) is 1.